The number of alkyl halides is 6. The van der Waals surface area contributed by atoms with Crippen molar-refractivity contribution in [2.75, 3.05) is 10.0 Å². The van der Waals surface area contributed by atoms with Gasteiger partial charge in [0.1, 0.15) is 0 Å². The molecule has 3 N–H and O–H groups in total. The molecule has 0 spiro atoms. The first-order valence-electron chi connectivity index (χ1n) is 9.32. The predicted molar refractivity (Wildman–Crippen MR) is 105 cm³/mol. The molecule has 0 aliphatic carbocycles. The monoisotopic (exact) mass is 502 g/mol. The van der Waals surface area contributed by atoms with E-state index in [1.165, 1.54) is 19.2 Å². The van der Waals surface area contributed by atoms with Crippen LogP contribution in [-0.2, 0) is 14.8 Å². The van der Waals surface area contributed by atoms with Crippen LogP contribution in [0.5, 0.6) is 0 Å². The molecule has 0 unspecified atom stereocenters. The molecule has 2 rings (SSSR count). The highest BCUT2D eigenvalue weighted by Gasteiger charge is 2.72. The normalized spacial score (nSPS) is 13.0. The summed E-state index contributed by atoms with van der Waals surface area (Å²) < 4.78 is 113. The zero-order valence-corrected chi connectivity index (χ0v) is 18.3. The van der Waals surface area contributed by atoms with Gasteiger partial charge in [0, 0.05) is 17.7 Å². The van der Waals surface area contributed by atoms with Gasteiger partial charge < -0.3 is 15.2 Å². The minimum absolute atomic E-state index is 0.0152. The highest BCUT2D eigenvalue weighted by molar-refractivity contribution is 7.92. The molecular formula is C18H20F6N4O4S. The lowest BCUT2D eigenvalue weighted by Gasteiger charge is -2.39. The third-order valence-corrected chi connectivity index (χ3v) is 5.88. The molecular weight excluding hydrogens is 482 g/mol. The second kappa shape index (κ2) is 9.11. The molecule has 0 aliphatic heterocycles. The number of sulfonamides is 1. The largest absolute Gasteiger partial charge is 0.439 e. The van der Waals surface area contributed by atoms with Crippen molar-refractivity contribution in [3.05, 3.63) is 35.5 Å². The van der Waals surface area contributed by atoms with Gasteiger partial charge in [0.25, 0.3) is 10.0 Å². The number of amides is 1. The van der Waals surface area contributed by atoms with Gasteiger partial charge in [-0.2, -0.15) is 26.3 Å². The highest BCUT2D eigenvalue weighted by Crippen LogP contribution is 2.43. The van der Waals surface area contributed by atoms with Gasteiger partial charge in [0.05, 0.1) is 10.6 Å². The van der Waals surface area contributed by atoms with Gasteiger partial charge in [-0.05, 0) is 44.5 Å². The fourth-order valence-electron chi connectivity index (χ4n) is 2.60. The molecule has 1 heterocycles. The van der Waals surface area contributed by atoms with Crippen LogP contribution < -0.4 is 15.4 Å². The molecule has 2 aromatic rings. The third-order valence-electron chi connectivity index (χ3n) is 4.54. The Morgan fingerprint density at radius 3 is 2.00 bits per heavy atom. The van der Waals surface area contributed by atoms with E-state index in [1.54, 1.807) is 6.92 Å². The molecule has 1 amide bonds. The van der Waals surface area contributed by atoms with E-state index in [0.29, 0.717) is 23.4 Å². The van der Waals surface area contributed by atoms with Crippen LogP contribution in [0.4, 0.5) is 37.9 Å². The van der Waals surface area contributed by atoms with Crippen molar-refractivity contribution in [2.24, 2.45) is 0 Å². The summed E-state index contributed by atoms with van der Waals surface area (Å²) in [5.41, 5.74) is -4.74. The minimum atomic E-state index is -5.98. The lowest BCUT2D eigenvalue weighted by Crippen LogP contribution is -2.72. The Hall–Kier alpha value is -2.97. The van der Waals surface area contributed by atoms with Gasteiger partial charge >= 0.3 is 18.0 Å². The van der Waals surface area contributed by atoms with Crippen molar-refractivity contribution in [3.8, 4) is 0 Å². The van der Waals surface area contributed by atoms with Crippen molar-refractivity contribution in [1.29, 1.82) is 0 Å². The number of anilines is 2. The Morgan fingerprint density at radius 1 is 1.03 bits per heavy atom. The van der Waals surface area contributed by atoms with Gasteiger partial charge in [-0.25, -0.2) is 13.1 Å². The van der Waals surface area contributed by atoms with E-state index in [-0.39, 0.29) is 12.3 Å². The van der Waals surface area contributed by atoms with Crippen LogP contribution in [-0.4, -0.2) is 37.5 Å². The highest BCUT2D eigenvalue weighted by atomic mass is 32.2. The summed E-state index contributed by atoms with van der Waals surface area (Å²) in [7, 11) is -4.29. The maximum absolute atomic E-state index is 13.6. The Balaban J connectivity index is 2.38. The van der Waals surface area contributed by atoms with Crippen molar-refractivity contribution in [2.45, 2.75) is 56.5 Å². The zero-order chi connectivity index (χ0) is 25.2. The number of nitrogens with zero attached hydrogens (tertiary/aromatic N) is 1. The smallest absolute Gasteiger partial charge is 0.348 e. The Bertz CT molecular complexity index is 1080. The number of carbonyl (C=O) groups excluding carboxylic acids is 1. The number of aryl methyl sites for hydroxylation is 1. The number of hydrogen-bond acceptors (Lipinski definition) is 6. The SMILES string of the molecule is CCCC(=O)NC(Nc1ccc(S(=O)(=O)Nc2onc(C)c2C)cc1)(C(F)(F)F)C(F)(F)F. The fourth-order valence-corrected chi connectivity index (χ4v) is 3.65. The zero-order valence-electron chi connectivity index (χ0n) is 17.5. The molecule has 1 aromatic carbocycles. The summed E-state index contributed by atoms with van der Waals surface area (Å²) in [6.45, 7) is 4.49. The Labute approximate surface area is 184 Å². The molecule has 184 valence electrons. The molecule has 0 radical (unpaired) electrons. The molecule has 0 saturated heterocycles. The Morgan fingerprint density at radius 2 is 1.58 bits per heavy atom. The number of nitrogens with one attached hydrogen (secondary N) is 3. The second-order valence-corrected chi connectivity index (χ2v) is 8.70. The van der Waals surface area contributed by atoms with Crippen LogP contribution in [0.2, 0.25) is 0 Å². The van der Waals surface area contributed by atoms with Crippen LogP contribution in [0.15, 0.2) is 33.7 Å². The van der Waals surface area contributed by atoms with Crippen molar-refractivity contribution >= 4 is 27.5 Å². The van der Waals surface area contributed by atoms with Crippen LogP contribution in [0.1, 0.15) is 31.0 Å². The number of rotatable bonds is 8. The average Bonchev–Trinajstić information content (AvgIpc) is 2.98. The summed E-state index contributed by atoms with van der Waals surface area (Å²) >= 11 is 0. The maximum Gasteiger partial charge on any atom is 0.439 e. The summed E-state index contributed by atoms with van der Waals surface area (Å²) in [5, 5.41) is 5.84. The summed E-state index contributed by atoms with van der Waals surface area (Å²) in [6, 6.07) is 2.97. The summed E-state index contributed by atoms with van der Waals surface area (Å²) in [5.74, 6) is -1.66. The first kappa shape index (κ1) is 26.3. The molecule has 0 saturated carbocycles. The molecule has 0 bridgehead atoms. The molecule has 0 atom stereocenters. The van der Waals surface area contributed by atoms with Crippen LogP contribution in [0.3, 0.4) is 0 Å². The number of benzene rings is 1. The number of aromatic nitrogens is 1. The van der Waals surface area contributed by atoms with E-state index in [1.807, 2.05) is 0 Å². The van der Waals surface area contributed by atoms with E-state index >= 15 is 0 Å². The van der Waals surface area contributed by atoms with Gasteiger partial charge in [-0.3, -0.25) is 4.79 Å². The maximum atomic E-state index is 13.6. The van der Waals surface area contributed by atoms with Crippen LogP contribution in [0, 0.1) is 13.8 Å². The quantitative estimate of drug-likeness (QED) is 0.368. The van der Waals surface area contributed by atoms with Gasteiger partial charge in [0.2, 0.25) is 11.8 Å². The lowest BCUT2D eigenvalue weighted by atomic mass is 10.1. The van der Waals surface area contributed by atoms with E-state index in [2.05, 4.69) is 9.88 Å². The number of carbonyl (C=O) groups is 1. The van der Waals surface area contributed by atoms with Crippen molar-refractivity contribution in [3.63, 3.8) is 0 Å². The predicted octanol–water partition coefficient (Wildman–Crippen LogP) is 4.24. The standard InChI is InChI=1S/C18H20F6N4O4S/c1-4-5-14(29)26-16(17(19,20)21,18(22,23)24)25-12-6-8-13(9-7-12)33(30,31)28-15-10(2)11(3)27-32-15/h6-9,25,28H,4-5H2,1-3H3,(H,26,29). The van der Waals surface area contributed by atoms with E-state index in [9.17, 15) is 39.6 Å². The molecule has 8 nitrogen and oxygen atoms in total. The van der Waals surface area contributed by atoms with Crippen molar-refractivity contribution < 1.29 is 44.1 Å². The minimum Gasteiger partial charge on any atom is -0.348 e. The van der Waals surface area contributed by atoms with Crippen LogP contribution in [0.25, 0.3) is 0 Å². The average molecular weight is 502 g/mol. The summed E-state index contributed by atoms with van der Waals surface area (Å²) in [4.78, 5) is 11.2. The number of halogens is 6. The van der Waals surface area contributed by atoms with E-state index in [0.717, 1.165) is 17.4 Å². The fraction of sp³-hybridized carbons (Fsp3) is 0.444. The van der Waals surface area contributed by atoms with Gasteiger partial charge in [-0.1, -0.05) is 12.1 Å². The first-order chi connectivity index (χ1) is 15.0. The topological polar surface area (TPSA) is 113 Å². The molecule has 0 fully saturated rings. The van der Waals surface area contributed by atoms with Gasteiger partial charge in [0.15, 0.2) is 0 Å². The van der Waals surface area contributed by atoms with E-state index < -0.39 is 50.9 Å². The Kier molecular flexibility index (Phi) is 7.26. The molecule has 0 aliphatic rings. The number of hydrogen-bond donors (Lipinski definition) is 3. The second-order valence-electron chi connectivity index (χ2n) is 7.02. The molecule has 1 aromatic heterocycles. The first-order valence-corrected chi connectivity index (χ1v) is 10.8. The van der Waals surface area contributed by atoms with Gasteiger partial charge in [-0.15, -0.1) is 0 Å². The van der Waals surface area contributed by atoms with E-state index in [4.69, 9.17) is 4.52 Å². The van der Waals surface area contributed by atoms with Crippen molar-refractivity contribution in [1.82, 2.24) is 10.5 Å². The third kappa shape index (κ3) is 5.51. The molecule has 33 heavy (non-hydrogen) atoms. The summed E-state index contributed by atoms with van der Waals surface area (Å²) in [6.07, 6.45) is -12.5. The molecule has 15 heteroatoms. The van der Waals surface area contributed by atoms with Crippen LogP contribution >= 0.6 is 0 Å². The lowest BCUT2D eigenvalue weighted by molar-refractivity contribution is -0.295.